The molecule has 4 aromatic rings. The van der Waals surface area contributed by atoms with Crippen LogP contribution in [0, 0.1) is 0 Å². The van der Waals surface area contributed by atoms with Crippen molar-refractivity contribution in [2.45, 2.75) is 17.3 Å². The van der Waals surface area contributed by atoms with Crippen LogP contribution in [0.5, 0.6) is 0 Å². The van der Waals surface area contributed by atoms with Gasteiger partial charge in [-0.15, -0.1) is 0 Å². The summed E-state index contributed by atoms with van der Waals surface area (Å²) in [6.07, 6.45) is 1.73. The van der Waals surface area contributed by atoms with Crippen LogP contribution in [-0.4, -0.2) is 46.2 Å². The molecule has 5 rings (SSSR count). The van der Waals surface area contributed by atoms with E-state index in [2.05, 4.69) is 16.0 Å². The van der Waals surface area contributed by atoms with Crippen LogP contribution in [0.4, 0.5) is 0 Å². The predicted octanol–water partition coefficient (Wildman–Crippen LogP) is 4.41. The predicted molar refractivity (Wildman–Crippen MR) is 117 cm³/mol. The zero-order valence-corrected chi connectivity index (χ0v) is 17.3. The molecule has 7 heteroatoms. The maximum Gasteiger partial charge on any atom is 0.226 e. The lowest BCUT2D eigenvalue weighted by Gasteiger charge is -2.25. The van der Waals surface area contributed by atoms with E-state index in [1.807, 2.05) is 48.5 Å². The number of para-hydroxylation sites is 1. The average Bonchev–Trinajstić information content (AvgIpc) is 3.28. The van der Waals surface area contributed by atoms with Gasteiger partial charge in [-0.25, -0.2) is 15.0 Å². The van der Waals surface area contributed by atoms with Crippen LogP contribution in [0.1, 0.15) is 11.5 Å². The number of oxazole rings is 1. The van der Waals surface area contributed by atoms with Gasteiger partial charge in [0, 0.05) is 29.8 Å². The lowest BCUT2D eigenvalue weighted by atomic mass is 10.2. The molecule has 0 spiro atoms. The third-order valence-electron chi connectivity index (χ3n) is 5.01. The minimum absolute atomic E-state index is 0.645. The van der Waals surface area contributed by atoms with Crippen molar-refractivity contribution < 1.29 is 9.15 Å². The SMILES string of the molecule is c1ccc(-c2nc(CSc3nc(CN4CCOCC4)nc4ccccc34)co2)cc1. The molecule has 0 unspecified atom stereocenters. The fourth-order valence-corrected chi connectivity index (χ4v) is 4.38. The Morgan fingerprint density at radius 1 is 0.900 bits per heavy atom. The number of benzene rings is 2. The minimum Gasteiger partial charge on any atom is -0.444 e. The molecule has 3 heterocycles. The van der Waals surface area contributed by atoms with Gasteiger partial charge < -0.3 is 9.15 Å². The summed E-state index contributed by atoms with van der Waals surface area (Å²) in [6.45, 7) is 4.11. The van der Waals surface area contributed by atoms with E-state index in [0.717, 1.165) is 65.9 Å². The molecule has 2 aromatic heterocycles. The number of aromatic nitrogens is 3. The van der Waals surface area contributed by atoms with Gasteiger partial charge in [-0.05, 0) is 18.2 Å². The van der Waals surface area contributed by atoms with Crippen molar-refractivity contribution in [3.63, 3.8) is 0 Å². The Kier molecular flexibility index (Phi) is 5.74. The lowest BCUT2D eigenvalue weighted by molar-refractivity contribution is 0.0330. The molecular formula is C23H22N4O2S. The Labute approximate surface area is 179 Å². The first-order chi connectivity index (χ1) is 14.8. The summed E-state index contributed by atoms with van der Waals surface area (Å²) in [5.74, 6) is 2.18. The second-order valence-corrected chi connectivity index (χ2v) is 8.11. The Morgan fingerprint density at radius 2 is 1.70 bits per heavy atom. The van der Waals surface area contributed by atoms with Crippen molar-refractivity contribution >= 4 is 22.7 Å². The second kappa shape index (κ2) is 8.95. The molecule has 30 heavy (non-hydrogen) atoms. The quantitative estimate of drug-likeness (QED) is 0.339. The van der Waals surface area contributed by atoms with Gasteiger partial charge in [0.25, 0.3) is 0 Å². The number of ether oxygens (including phenoxy) is 1. The molecule has 0 N–H and O–H groups in total. The standard InChI is InChI=1S/C23H22N4O2S/c1-2-6-17(7-3-1)22-24-18(15-29-22)16-30-23-19-8-4-5-9-20(19)25-21(26-23)14-27-10-12-28-13-11-27/h1-9,15H,10-14,16H2. The molecular weight excluding hydrogens is 396 g/mol. The van der Waals surface area contributed by atoms with Gasteiger partial charge in [0.2, 0.25) is 5.89 Å². The van der Waals surface area contributed by atoms with Gasteiger partial charge >= 0.3 is 0 Å². The molecule has 1 aliphatic heterocycles. The van der Waals surface area contributed by atoms with Crippen molar-refractivity contribution in [2.75, 3.05) is 26.3 Å². The highest BCUT2D eigenvalue weighted by molar-refractivity contribution is 7.98. The molecule has 152 valence electrons. The van der Waals surface area contributed by atoms with E-state index in [1.165, 1.54) is 0 Å². The highest BCUT2D eigenvalue weighted by Gasteiger charge is 2.15. The average molecular weight is 419 g/mol. The zero-order valence-electron chi connectivity index (χ0n) is 16.5. The third-order valence-corrected chi connectivity index (χ3v) is 6.04. The Bertz CT molecular complexity index is 1130. The van der Waals surface area contributed by atoms with Gasteiger partial charge in [0.1, 0.15) is 17.1 Å². The molecule has 1 saturated heterocycles. The fraction of sp³-hybridized carbons (Fsp3) is 0.261. The maximum atomic E-state index is 5.68. The summed E-state index contributed by atoms with van der Waals surface area (Å²) >= 11 is 1.67. The van der Waals surface area contributed by atoms with Crippen LogP contribution in [0.3, 0.4) is 0 Å². The van der Waals surface area contributed by atoms with Crippen LogP contribution in [-0.2, 0) is 17.0 Å². The molecule has 6 nitrogen and oxygen atoms in total. The van der Waals surface area contributed by atoms with Crippen molar-refractivity contribution in [2.24, 2.45) is 0 Å². The monoisotopic (exact) mass is 418 g/mol. The summed E-state index contributed by atoms with van der Waals surface area (Å²) in [6, 6.07) is 18.1. The van der Waals surface area contributed by atoms with Crippen molar-refractivity contribution in [1.82, 2.24) is 19.9 Å². The van der Waals surface area contributed by atoms with E-state index >= 15 is 0 Å². The van der Waals surface area contributed by atoms with E-state index in [0.29, 0.717) is 11.6 Å². The van der Waals surface area contributed by atoms with Crippen LogP contribution in [0.15, 0.2) is 70.3 Å². The number of rotatable bonds is 6. The number of nitrogens with zero attached hydrogens (tertiary/aromatic N) is 4. The first-order valence-electron chi connectivity index (χ1n) is 10.0. The molecule has 0 bridgehead atoms. The van der Waals surface area contributed by atoms with Crippen LogP contribution < -0.4 is 0 Å². The van der Waals surface area contributed by atoms with Gasteiger partial charge in [-0.1, -0.05) is 48.2 Å². The summed E-state index contributed by atoms with van der Waals surface area (Å²) in [5, 5.41) is 2.05. The van der Waals surface area contributed by atoms with E-state index in [-0.39, 0.29) is 0 Å². The van der Waals surface area contributed by atoms with Gasteiger partial charge in [0.15, 0.2) is 0 Å². The van der Waals surface area contributed by atoms with Crippen molar-refractivity contribution in [3.8, 4) is 11.5 Å². The second-order valence-electron chi connectivity index (χ2n) is 7.15. The molecule has 0 saturated carbocycles. The largest absolute Gasteiger partial charge is 0.444 e. The number of hydrogen-bond donors (Lipinski definition) is 0. The molecule has 0 radical (unpaired) electrons. The van der Waals surface area contributed by atoms with E-state index in [1.54, 1.807) is 18.0 Å². The summed E-state index contributed by atoms with van der Waals surface area (Å²) in [7, 11) is 0. The smallest absolute Gasteiger partial charge is 0.226 e. The van der Waals surface area contributed by atoms with E-state index in [4.69, 9.17) is 19.1 Å². The fourth-order valence-electron chi connectivity index (χ4n) is 3.46. The van der Waals surface area contributed by atoms with E-state index in [9.17, 15) is 0 Å². The highest BCUT2D eigenvalue weighted by atomic mass is 32.2. The van der Waals surface area contributed by atoms with E-state index < -0.39 is 0 Å². The summed E-state index contributed by atoms with van der Waals surface area (Å²) in [4.78, 5) is 16.7. The first kappa shape index (κ1) is 19.2. The Balaban J connectivity index is 1.36. The molecule has 2 aromatic carbocycles. The van der Waals surface area contributed by atoms with Crippen LogP contribution in [0.25, 0.3) is 22.4 Å². The molecule has 0 aliphatic carbocycles. The van der Waals surface area contributed by atoms with Crippen molar-refractivity contribution in [1.29, 1.82) is 0 Å². The van der Waals surface area contributed by atoms with Gasteiger partial charge in [-0.2, -0.15) is 0 Å². The zero-order chi connectivity index (χ0) is 20.2. The van der Waals surface area contributed by atoms with Crippen LogP contribution in [0.2, 0.25) is 0 Å². The number of morpholine rings is 1. The Hall–Kier alpha value is -2.74. The number of hydrogen-bond acceptors (Lipinski definition) is 7. The first-order valence-corrected chi connectivity index (χ1v) is 11.0. The lowest BCUT2D eigenvalue weighted by Crippen LogP contribution is -2.36. The summed E-state index contributed by atoms with van der Waals surface area (Å²) < 4.78 is 11.1. The number of fused-ring (bicyclic) bond motifs is 1. The molecule has 0 amide bonds. The van der Waals surface area contributed by atoms with Gasteiger partial charge in [0.05, 0.1) is 31.0 Å². The third kappa shape index (κ3) is 4.38. The summed E-state index contributed by atoms with van der Waals surface area (Å²) in [5.41, 5.74) is 2.86. The topological polar surface area (TPSA) is 64.3 Å². The van der Waals surface area contributed by atoms with Crippen molar-refractivity contribution in [3.05, 3.63) is 72.4 Å². The van der Waals surface area contributed by atoms with Crippen LogP contribution >= 0.6 is 11.8 Å². The molecule has 1 aliphatic rings. The Morgan fingerprint density at radius 3 is 2.57 bits per heavy atom. The minimum atomic E-state index is 0.645. The molecule has 1 fully saturated rings. The highest BCUT2D eigenvalue weighted by Crippen LogP contribution is 2.29. The molecule has 0 atom stereocenters. The van der Waals surface area contributed by atoms with Gasteiger partial charge in [-0.3, -0.25) is 4.90 Å². The normalized spacial score (nSPS) is 14.9. The maximum absolute atomic E-state index is 5.68. The number of thioether (sulfide) groups is 1.